The maximum Gasteiger partial charge on any atom is 0.357 e. The predicted octanol–water partition coefficient (Wildman–Crippen LogP) is 0.615. The van der Waals surface area contributed by atoms with Crippen LogP contribution in [0.5, 0.6) is 0 Å². The summed E-state index contributed by atoms with van der Waals surface area (Å²) in [7, 11) is -2.36. The van der Waals surface area contributed by atoms with Gasteiger partial charge in [-0.05, 0) is 12.1 Å². The molecule has 8 heteroatoms. The van der Waals surface area contributed by atoms with Gasteiger partial charge in [-0.3, -0.25) is 0 Å². The summed E-state index contributed by atoms with van der Waals surface area (Å²) in [6.07, 6.45) is 1.42. The van der Waals surface area contributed by atoms with E-state index < -0.39 is 16.0 Å². The summed E-state index contributed by atoms with van der Waals surface area (Å²) in [5.74, 6) is -0.590. The van der Waals surface area contributed by atoms with Crippen molar-refractivity contribution in [2.24, 2.45) is 0 Å². The minimum Gasteiger partial charge on any atom is -0.464 e. The summed E-state index contributed by atoms with van der Waals surface area (Å²) >= 11 is 0. The maximum atomic E-state index is 12.9. The summed E-state index contributed by atoms with van der Waals surface area (Å²) in [5, 5.41) is 4.07. The van der Waals surface area contributed by atoms with E-state index in [0.717, 1.165) is 0 Å². The van der Waals surface area contributed by atoms with Gasteiger partial charge in [0.25, 0.3) is 0 Å². The van der Waals surface area contributed by atoms with Crippen molar-refractivity contribution >= 4 is 26.8 Å². The first-order chi connectivity index (χ1) is 11.1. The Balaban J connectivity index is 2.17. The molecule has 0 bridgehead atoms. The number of aromatic nitrogens is 1. The molecule has 0 atom stereocenters. The van der Waals surface area contributed by atoms with Gasteiger partial charge >= 0.3 is 5.97 Å². The Morgan fingerprint density at radius 3 is 2.65 bits per heavy atom. The van der Waals surface area contributed by atoms with Gasteiger partial charge in [0.15, 0.2) is 5.69 Å². The number of ether oxygens (including phenoxy) is 1. The second-order valence-electron chi connectivity index (χ2n) is 5.16. The van der Waals surface area contributed by atoms with Crippen LogP contribution in [-0.2, 0) is 14.8 Å². The molecular weight excluding hydrogens is 318 g/mol. The van der Waals surface area contributed by atoms with Crippen LogP contribution in [0.4, 0.5) is 0 Å². The highest BCUT2D eigenvalue weighted by Gasteiger charge is 2.28. The first-order valence-corrected chi connectivity index (χ1v) is 8.66. The largest absolute Gasteiger partial charge is 0.464 e. The van der Waals surface area contributed by atoms with Gasteiger partial charge in [0.1, 0.15) is 0 Å². The number of pyridine rings is 1. The molecule has 1 aromatic heterocycles. The molecule has 1 aliphatic rings. The van der Waals surface area contributed by atoms with Crippen LogP contribution in [0.15, 0.2) is 35.4 Å². The van der Waals surface area contributed by atoms with Gasteiger partial charge in [-0.25, -0.2) is 18.2 Å². The number of fused-ring (bicyclic) bond motifs is 1. The monoisotopic (exact) mass is 335 g/mol. The summed E-state index contributed by atoms with van der Waals surface area (Å²) in [6, 6.07) is 6.45. The average Bonchev–Trinajstić information content (AvgIpc) is 2.60. The molecule has 0 saturated carbocycles. The standard InChI is InChI=1S/C15H17N3O4S/c1-22-15(19)14-12-3-2-4-13(11(12)5-6-17-14)23(20,21)18-9-7-16-8-10-18/h2-6,16H,7-10H2,1H3. The van der Waals surface area contributed by atoms with Gasteiger partial charge in [-0.1, -0.05) is 12.1 Å². The zero-order valence-corrected chi connectivity index (χ0v) is 13.5. The number of hydrogen-bond acceptors (Lipinski definition) is 6. The van der Waals surface area contributed by atoms with Gasteiger partial charge < -0.3 is 10.1 Å². The molecule has 0 spiro atoms. The van der Waals surface area contributed by atoms with Gasteiger partial charge in [0.2, 0.25) is 10.0 Å². The Labute approximate surface area is 134 Å². The SMILES string of the molecule is COC(=O)c1nccc2c(S(=O)(=O)N3CCNCC3)cccc12. The highest BCUT2D eigenvalue weighted by atomic mass is 32.2. The Hall–Kier alpha value is -2.03. The van der Waals surface area contributed by atoms with Crippen molar-refractivity contribution < 1.29 is 17.9 Å². The summed E-state index contributed by atoms with van der Waals surface area (Å²) in [5.41, 5.74) is 0.113. The molecule has 2 aromatic rings. The molecule has 0 radical (unpaired) electrons. The Bertz CT molecular complexity index is 845. The van der Waals surface area contributed by atoms with Crippen molar-refractivity contribution in [1.82, 2.24) is 14.6 Å². The maximum absolute atomic E-state index is 12.9. The Morgan fingerprint density at radius 1 is 1.22 bits per heavy atom. The Morgan fingerprint density at radius 2 is 1.96 bits per heavy atom. The first-order valence-electron chi connectivity index (χ1n) is 7.22. The number of rotatable bonds is 3. The molecule has 0 amide bonds. The molecule has 1 aliphatic heterocycles. The predicted molar refractivity (Wildman–Crippen MR) is 84.7 cm³/mol. The lowest BCUT2D eigenvalue weighted by atomic mass is 10.1. The third-order valence-corrected chi connectivity index (χ3v) is 5.80. The third kappa shape index (κ3) is 2.80. The van der Waals surface area contributed by atoms with E-state index in [0.29, 0.717) is 37.0 Å². The van der Waals surface area contributed by atoms with Crippen LogP contribution >= 0.6 is 0 Å². The fourth-order valence-corrected chi connectivity index (χ4v) is 4.33. The summed E-state index contributed by atoms with van der Waals surface area (Å²) < 4.78 is 32.0. The number of benzene rings is 1. The second kappa shape index (κ2) is 6.23. The van der Waals surface area contributed by atoms with Crippen molar-refractivity contribution in [3.05, 3.63) is 36.2 Å². The molecule has 0 aliphatic carbocycles. The third-order valence-electron chi connectivity index (χ3n) is 3.84. The van der Waals surface area contributed by atoms with Gasteiger partial charge in [-0.15, -0.1) is 0 Å². The molecule has 2 heterocycles. The van der Waals surface area contributed by atoms with E-state index in [9.17, 15) is 13.2 Å². The number of carbonyl (C=O) groups is 1. The van der Waals surface area contributed by atoms with Crippen molar-refractivity contribution in [3.63, 3.8) is 0 Å². The van der Waals surface area contributed by atoms with Crippen LogP contribution < -0.4 is 5.32 Å². The first kappa shape index (κ1) is 15.9. The molecular formula is C15H17N3O4S. The van der Waals surface area contributed by atoms with E-state index in [1.807, 2.05) is 0 Å². The quantitative estimate of drug-likeness (QED) is 0.827. The second-order valence-corrected chi connectivity index (χ2v) is 7.06. The van der Waals surface area contributed by atoms with E-state index in [1.165, 1.54) is 17.6 Å². The fraction of sp³-hybridized carbons (Fsp3) is 0.333. The topological polar surface area (TPSA) is 88.6 Å². The van der Waals surface area contributed by atoms with Crippen LogP contribution in [0.1, 0.15) is 10.5 Å². The molecule has 122 valence electrons. The van der Waals surface area contributed by atoms with Gasteiger partial charge in [-0.2, -0.15) is 4.31 Å². The number of piperazine rings is 1. The minimum atomic E-state index is -3.62. The normalized spacial score (nSPS) is 16.4. The van der Waals surface area contributed by atoms with Crippen molar-refractivity contribution in [2.45, 2.75) is 4.90 Å². The van der Waals surface area contributed by atoms with Gasteiger partial charge in [0.05, 0.1) is 12.0 Å². The fourth-order valence-electron chi connectivity index (χ4n) is 2.69. The smallest absolute Gasteiger partial charge is 0.357 e. The highest BCUT2D eigenvalue weighted by molar-refractivity contribution is 7.89. The van der Waals surface area contributed by atoms with Crippen LogP contribution in [-0.4, -0.2) is 57.0 Å². The van der Waals surface area contributed by atoms with Crippen LogP contribution in [0.3, 0.4) is 0 Å². The number of nitrogens with zero attached hydrogens (tertiary/aromatic N) is 2. The lowest BCUT2D eigenvalue weighted by Gasteiger charge is -2.27. The molecule has 7 nitrogen and oxygen atoms in total. The van der Waals surface area contributed by atoms with E-state index in [-0.39, 0.29) is 10.6 Å². The number of esters is 1. The van der Waals surface area contributed by atoms with Crippen molar-refractivity contribution in [3.8, 4) is 0 Å². The van der Waals surface area contributed by atoms with Crippen LogP contribution in [0, 0.1) is 0 Å². The molecule has 0 unspecified atom stereocenters. The van der Waals surface area contributed by atoms with E-state index in [4.69, 9.17) is 4.74 Å². The number of methoxy groups -OCH3 is 1. The molecule has 23 heavy (non-hydrogen) atoms. The van der Waals surface area contributed by atoms with Crippen LogP contribution in [0.25, 0.3) is 10.8 Å². The number of carbonyl (C=O) groups excluding carboxylic acids is 1. The van der Waals surface area contributed by atoms with E-state index in [1.54, 1.807) is 24.3 Å². The average molecular weight is 335 g/mol. The zero-order chi connectivity index (χ0) is 16.4. The zero-order valence-electron chi connectivity index (χ0n) is 12.7. The lowest BCUT2D eigenvalue weighted by Crippen LogP contribution is -2.46. The lowest BCUT2D eigenvalue weighted by molar-refractivity contribution is 0.0596. The molecule has 1 aromatic carbocycles. The number of nitrogens with one attached hydrogen (secondary N) is 1. The van der Waals surface area contributed by atoms with Crippen molar-refractivity contribution in [2.75, 3.05) is 33.3 Å². The minimum absolute atomic E-state index is 0.113. The molecule has 1 fully saturated rings. The van der Waals surface area contributed by atoms with E-state index >= 15 is 0 Å². The molecule has 3 rings (SSSR count). The van der Waals surface area contributed by atoms with Crippen molar-refractivity contribution in [1.29, 1.82) is 0 Å². The van der Waals surface area contributed by atoms with Gasteiger partial charge in [0, 0.05) is 43.1 Å². The molecule has 1 N–H and O–H groups in total. The highest BCUT2D eigenvalue weighted by Crippen LogP contribution is 2.27. The Kier molecular flexibility index (Phi) is 4.29. The van der Waals surface area contributed by atoms with E-state index in [2.05, 4.69) is 10.3 Å². The summed E-state index contributed by atoms with van der Waals surface area (Å²) in [6.45, 7) is 2.10. The molecule has 1 saturated heterocycles. The number of hydrogen-bond donors (Lipinski definition) is 1. The number of sulfonamides is 1. The van der Waals surface area contributed by atoms with Crippen LogP contribution in [0.2, 0.25) is 0 Å². The summed E-state index contributed by atoms with van der Waals surface area (Å²) in [4.78, 5) is 16.0.